The Hall–Kier alpha value is -3.52. The largest absolute Gasteiger partial charge is 0.369 e. The van der Waals surface area contributed by atoms with Crippen LogP contribution in [0.4, 0.5) is 11.4 Å². The molecular weight excluding hydrogens is 364 g/mol. The molecule has 0 saturated carbocycles. The van der Waals surface area contributed by atoms with Crippen LogP contribution in [0.5, 0.6) is 0 Å². The maximum absolute atomic E-state index is 4.01. The van der Waals surface area contributed by atoms with E-state index in [1.165, 1.54) is 44.8 Å². The lowest BCUT2D eigenvalue weighted by molar-refractivity contribution is 0.439. The quantitative estimate of drug-likeness (QED) is 0.418. The molecule has 2 heterocycles. The number of aryl methyl sites for hydroxylation is 2. The SMILES string of the molecule is Cc1ccc2c(c1)[C@]1(c3ccccc3)Nc3ccc(C)cc3[C@]1(c1ccccc1)N2. The van der Waals surface area contributed by atoms with Crippen LogP contribution in [-0.4, -0.2) is 0 Å². The van der Waals surface area contributed by atoms with Gasteiger partial charge in [-0.3, -0.25) is 0 Å². The maximum Gasteiger partial charge on any atom is 0.122 e. The average molecular weight is 389 g/mol. The zero-order valence-corrected chi connectivity index (χ0v) is 17.2. The summed E-state index contributed by atoms with van der Waals surface area (Å²) in [7, 11) is 0. The van der Waals surface area contributed by atoms with Gasteiger partial charge < -0.3 is 10.6 Å². The van der Waals surface area contributed by atoms with Crippen LogP contribution in [0.15, 0.2) is 97.1 Å². The van der Waals surface area contributed by atoms with Crippen molar-refractivity contribution >= 4 is 11.4 Å². The number of hydrogen-bond acceptors (Lipinski definition) is 2. The van der Waals surface area contributed by atoms with Crippen LogP contribution < -0.4 is 10.6 Å². The van der Waals surface area contributed by atoms with Gasteiger partial charge in [-0.15, -0.1) is 0 Å². The summed E-state index contributed by atoms with van der Waals surface area (Å²) >= 11 is 0. The van der Waals surface area contributed by atoms with Crippen molar-refractivity contribution in [2.24, 2.45) is 0 Å². The average Bonchev–Trinajstić information content (AvgIpc) is 3.23. The summed E-state index contributed by atoms with van der Waals surface area (Å²) in [5, 5.41) is 8.03. The lowest BCUT2D eigenvalue weighted by Crippen LogP contribution is -2.51. The first-order valence-corrected chi connectivity index (χ1v) is 10.5. The zero-order chi connectivity index (χ0) is 20.3. The summed E-state index contributed by atoms with van der Waals surface area (Å²) in [6.07, 6.45) is 0. The van der Waals surface area contributed by atoms with Crippen LogP contribution in [-0.2, 0) is 11.1 Å². The van der Waals surface area contributed by atoms with Crippen molar-refractivity contribution in [1.29, 1.82) is 0 Å². The minimum absolute atomic E-state index is 0.437. The minimum atomic E-state index is -0.437. The van der Waals surface area contributed by atoms with Crippen molar-refractivity contribution in [3.05, 3.63) is 130 Å². The first-order valence-electron chi connectivity index (χ1n) is 10.5. The molecule has 0 saturated heterocycles. The van der Waals surface area contributed by atoms with Gasteiger partial charge in [0, 0.05) is 22.5 Å². The first kappa shape index (κ1) is 17.3. The van der Waals surface area contributed by atoms with Crippen LogP contribution in [0.3, 0.4) is 0 Å². The molecule has 2 N–H and O–H groups in total. The van der Waals surface area contributed by atoms with Gasteiger partial charge in [0.25, 0.3) is 0 Å². The summed E-state index contributed by atoms with van der Waals surface area (Å²) in [6.45, 7) is 4.35. The number of rotatable bonds is 2. The number of benzene rings is 4. The molecule has 4 aromatic carbocycles. The Morgan fingerprint density at radius 3 is 1.30 bits per heavy atom. The fraction of sp³-hybridized carbons (Fsp3) is 0.143. The third kappa shape index (κ3) is 2.03. The predicted octanol–water partition coefficient (Wildman–Crippen LogP) is 6.34. The highest BCUT2D eigenvalue weighted by atomic mass is 15.2. The Morgan fingerprint density at radius 2 is 0.900 bits per heavy atom. The van der Waals surface area contributed by atoms with E-state index in [4.69, 9.17) is 0 Å². The van der Waals surface area contributed by atoms with Gasteiger partial charge in [0.2, 0.25) is 0 Å². The number of nitrogens with one attached hydrogen (secondary N) is 2. The molecule has 0 aliphatic carbocycles. The van der Waals surface area contributed by atoms with Crippen LogP contribution >= 0.6 is 0 Å². The van der Waals surface area contributed by atoms with Crippen molar-refractivity contribution < 1.29 is 0 Å². The van der Waals surface area contributed by atoms with Crippen LogP contribution in [0.25, 0.3) is 0 Å². The molecule has 0 aromatic heterocycles. The Kier molecular flexibility index (Phi) is 3.47. The smallest absolute Gasteiger partial charge is 0.122 e. The van der Waals surface area contributed by atoms with Gasteiger partial charge in [0.15, 0.2) is 0 Å². The van der Waals surface area contributed by atoms with E-state index < -0.39 is 11.1 Å². The second-order valence-electron chi connectivity index (χ2n) is 8.58. The maximum atomic E-state index is 4.01. The molecular formula is C28H24N2. The Bertz CT molecular complexity index is 1160. The molecule has 2 nitrogen and oxygen atoms in total. The number of anilines is 2. The van der Waals surface area contributed by atoms with E-state index in [0.29, 0.717) is 0 Å². The summed E-state index contributed by atoms with van der Waals surface area (Å²) in [5.41, 5.74) is 9.16. The lowest BCUT2D eigenvalue weighted by Gasteiger charge is -2.42. The highest BCUT2D eigenvalue weighted by Gasteiger charge is 2.65. The first-order chi connectivity index (χ1) is 14.6. The molecule has 0 radical (unpaired) electrons. The third-order valence-electron chi connectivity index (χ3n) is 6.78. The van der Waals surface area contributed by atoms with Crippen LogP contribution in [0, 0.1) is 13.8 Å². The molecule has 146 valence electrons. The summed E-state index contributed by atoms with van der Waals surface area (Å²) in [4.78, 5) is 0. The van der Waals surface area contributed by atoms with Gasteiger partial charge in [0.05, 0.1) is 0 Å². The van der Waals surface area contributed by atoms with E-state index in [2.05, 4.69) is 122 Å². The van der Waals surface area contributed by atoms with Crippen molar-refractivity contribution in [1.82, 2.24) is 0 Å². The van der Waals surface area contributed by atoms with Gasteiger partial charge in [-0.2, -0.15) is 0 Å². The molecule has 2 atom stereocenters. The fourth-order valence-corrected chi connectivity index (χ4v) is 5.55. The standard InChI is InChI=1S/C28H24N2/c1-19-13-15-25-23(17-19)27(21-9-5-3-6-10-21)28(29-25,22-11-7-4-8-12-22)24-18-20(2)14-16-26(24)30-27/h3-18,29-30H,1-2H3/t27-,28-/m0/s1. The van der Waals surface area contributed by atoms with Crippen LogP contribution in [0.2, 0.25) is 0 Å². The molecule has 0 bridgehead atoms. The van der Waals surface area contributed by atoms with E-state index in [9.17, 15) is 0 Å². The number of hydrogen-bond donors (Lipinski definition) is 2. The second kappa shape index (κ2) is 5.99. The van der Waals surface area contributed by atoms with Crippen molar-refractivity contribution in [3.63, 3.8) is 0 Å². The summed E-state index contributed by atoms with van der Waals surface area (Å²) < 4.78 is 0. The van der Waals surface area contributed by atoms with Gasteiger partial charge >= 0.3 is 0 Å². The normalized spacial score (nSPS) is 23.1. The van der Waals surface area contributed by atoms with E-state index >= 15 is 0 Å². The highest BCUT2D eigenvalue weighted by molar-refractivity contribution is 5.84. The lowest BCUT2D eigenvalue weighted by atomic mass is 9.66. The van der Waals surface area contributed by atoms with Crippen LogP contribution in [0.1, 0.15) is 33.4 Å². The Morgan fingerprint density at radius 1 is 0.500 bits per heavy atom. The second-order valence-corrected chi connectivity index (χ2v) is 8.58. The van der Waals surface area contributed by atoms with Gasteiger partial charge in [-0.25, -0.2) is 0 Å². The van der Waals surface area contributed by atoms with E-state index in [1.807, 2.05) is 0 Å². The molecule has 6 rings (SSSR count). The monoisotopic (exact) mass is 388 g/mol. The van der Waals surface area contributed by atoms with Crippen molar-refractivity contribution in [3.8, 4) is 0 Å². The van der Waals surface area contributed by atoms with Crippen molar-refractivity contribution in [2.75, 3.05) is 10.6 Å². The van der Waals surface area contributed by atoms with Gasteiger partial charge in [-0.05, 0) is 37.1 Å². The highest BCUT2D eigenvalue weighted by Crippen LogP contribution is 2.64. The molecule has 0 fully saturated rings. The van der Waals surface area contributed by atoms with E-state index in [-0.39, 0.29) is 0 Å². The predicted molar refractivity (Wildman–Crippen MR) is 124 cm³/mol. The number of fused-ring (bicyclic) bond motifs is 5. The zero-order valence-electron chi connectivity index (χ0n) is 17.2. The molecule has 0 spiro atoms. The minimum Gasteiger partial charge on any atom is -0.369 e. The van der Waals surface area contributed by atoms with E-state index in [1.54, 1.807) is 0 Å². The molecule has 2 aliphatic heterocycles. The fourth-order valence-electron chi connectivity index (χ4n) is 5.55. The summed E-state index contributed by atoms with van der Waals surface area (Å²) in [6, 6.07) is 35.3. The van der Waals surface area contributed by atoms with Crippen molar-refractivity contribution in [2.45, 2.75) is 24.9 Å². The molecule has 2 heteroatoms. The Labute approximate surface area is 177 Å². The van der Waals surface area contributed by atoms with Gasteiger partial charge in [-0.1, -0.05) is 96.1 Å². The topological polar surface area (TPSA) is 24.1 Å². The molecule has 4 aromatic rings. The van der Waals surface area contributed by atoms with Gasteiger partial charge in [0.1, 0.15) is 11.1 Å². The summed E-state index contributed by atoms with van der Waals surface area (Å²) in [5.74, 6) is 0. The molecule has 0 amide bonds. The molecule has 2 aliphatic rings. The van der Waals surface area contributed by atoms with E-state index in [0.717, 1.165) is 0 Å². The Balaban J connectivity index is 1.79. The molecule has 0 unspecified atom stereocenters. The molecule has 30 heavy (non-hydrogen) atoms. The third-order valence-corrected chi connectivity index (χ3v) is 6.78.